The molecule has 0 bridgehead atoms. The number of carbonyl (C=O) groups is 2. The van der Waals surface area contributed by atoms with Gasteiger partial charge in [-0.25, -0.2) is 4.79 Å². The molecule has 1 N–H and O–H groups in total. The van der Waals surface area contributed by atoms with Gasteiger partial charge in [-0.3, -0.25) is 9.69 Å². The first-order chi connectivity index (χ1) is 10.5. The highest BCUT2D eigenvalue weighted by Gasteiger charge is 2.30. The molecule has 2 heterocycles. The van der Waals surface area contributed by atoms with Crippen LogP contribution >= 0.6 is 12.2 Å². The summed E-state index contributed by atoms with van der Waals surface area (Å²) < 4.78 is 10.1. The third-order valence-electron chi connectivity index (χ3n) is 3.33. The second kappa shape index (κ2) is 6.74. The van der Waals surface area contributed by atoms with E-state index in [2.05, 4.69) is 10.1 Å². The number of hydrogen-bond acceptors (Lipinski definition) is 5. The van der Waals surface area contributed by atoms with Gasteiger partial charge in [0.15, 0.2) is 5.11 Å². The van der Waals surface area contributed by atoms with Crippen molar-refractivity contribution < 1.29 is 18.7 Å². The van der Waals surface area contributed by atoms with Crippen molar-refractivity contribution >= 4 is 35.3 Å². The van der Waals surface area contributed by atoms with E-state index in [1.54, 1.807) is 19.1 Å². The molecule has 0 aliphatic carbocycles. The molecule has 0 saturated carbocycles. The van der Waals surface area contributed by atoms with Crippen molar-refractivity contribution in [3.63, 3.8) is 0 Å². The number of nitrogens with one attached hydrogen (secondary N) is 1. The predicted octanol–water partition coefficient (Wildman–Crippen LogP) is 2.23. The van der Waals surface area contributed by atoms with Crippen molar-refractivity contribution in [3.05, 3.63) is 28.8 Å². The third kappa shape index (κ3) is 3.19. The Bertz CT molecular complexity index is 648. The zero-order chi connectivity index (χ0) is 16.3. The van der Waals surface area contributed by atoms with Crippen LogP contribution in [0.1, 0.15) is 41.6 Å². The molecule has 1 fully saturated rings. The number of esters is 1. The van der Waals surface area contributed by atoms with Crippen LogP contribution in [0.2, 0.25) is 0 Å². The molecule has 6 nitrogen and oxygen atoms in total. The highest BCUT2D eigenvalue weighted by atomic mass is 32.1. The molecule has 7 heteroatoms. The fourth-order valence-electron chi connectivity index (χ4n) is 2.12. The fraction of sp³-hybridized carbons (Fsp3) is 0.400. The van der Waals surface area contributed by atoms with Gasteiger partial charge in [0, 0.05) is 12.6 Å². The summed E-state index contributed by atoms with van der Waals surface area (Å²) in [6.45, 7) is 4.30. The molecule has 0 radical (unpaired) electrons. The lowest BCUT2D eigenvalue weighted by Gasteiger charge is -2.12. The summed E-state index contributed by atoms with van der Waals surface area (Å²) in [5.41, 5.74) is 0.677. The van der Waals surface area contributed by atoms with Gasteiger partial charge in [0.25, 0.3) is 5.91 Å². The van der Waals surface area contributed by atoms with Crippen molar-refractivity contribution in [1.29, 1.82) is 0 Å². The van der Waals surface area contributed by atoms with Gasteiger partial charge in [0.1, 0.15) is 22.8 Å². The highest BCUT2D eigenvalue weighted by molar-refractivity contribution is 7.80. The van der Waals surface area contributed by atoms with Gasteiger partial charge in [-0.1, -0.05) is 13.3 Å². The molecule has 1 aromatic rings. The van der Waals surface area contributed by atoms with Gasteiger partial charge in [0.05, 0.1) is 7.11 Å². The smallest absolute Gasteiger partial charge is 0.341 e. The second-order valence-corrected chi connectivity index (χ2v) is 5.30. The summed E-state index contributed by atoms with van der Waals surface area (Å²) in [5, 5.41) is 3.27. The number of methoxy groups -OCH3 is 1. The number of aryl methyl sites for hydroxylation is 1. The van der Waals surface area contributed by atoms with E-state index in [-0.39, 0.29) is 5.91 Å². The Labute approximate surface area is 134 Å². The SMILES string of the molecule is CCCCN1C(=O)/C(=C/c2cc(C(=O)OC)c(C)o2)NC1=S. The van der Waals surface area contributed by atoms with E-state index < -0.39 is 5.97 Å². The number of carbonyl (C=O) groups excluding carboxylic acids is 2. The van der Waals surface area contributed by atoms with Crippen molar-refractivity contribution in [1.82, 2.24) is 10.2 Å². The molecular weight excluding hydrogens is 304 g/mol. The molecule has 1 aliphatic heterocycles. The first-order valence-corrected chi connectivity index (χ1v) is 7.42. The molecule has 0 spiro atoms. The lowest BCUT2D eigenvalue weighted by Crippen LogP contribution is -2.31. The average Bonchev–Trinajstić information content (AvgIpc) is 2.98. The van der Waals surface area contributed by atoms with Gasteiger partial charge in [0.2, 0.25) is 0 Å². The molecule has 118 valence electrons. The van der Waals surface area contributed by atoms with Crippen LogP contribution in [0.3, 0.4) is 0 Å². The molecule has 22 heavy (non-hydrogen) atoms. The van der Waals surface area contributed by atoms with Crippen molar-refractivity contribution in [2.45, 2.75) is 26.7 Å². The molecule has 0 aromatic carbocycles. The zero-order valence-electron chi connectivity index (χ0n) is 12.8. The lowest BCUT2D eigenvalue weighted by molar-refractivity contribution is -0.122. The van der Waals surface area contributed by atoms with E-state index in [4.69, 9.17) is 16.6 Å². The summed E-state index contributed by atoms with van der Waals surface area (Å²) in [6.07, 6.45) is 3.40. The number of amides is 1. The number of unbranched alkanes of at least 4 members (excludes halogenated alkanes) is 1. The second-order valence-electron chi connectivity index (χ2n) is 4.91. The standard InChI is InChI=1S/C15H18N2O4S/c1-4-5-6-17-13(18)12(16-15(17)22)8-10-7-11(9(2)21-10)14(19)20-3/h7-8H,4-6H2,1-3H3,(H,16,22)/b12-8-. The summed E-state index contributed by atoms with van der Waals surface area (Å²) in [4.78, 5) is 25.4. The van der Waals surface area contributed by atoms with Crippen LogP contribution in [-0.4, -0.2) is 35.5 Å². The fourth-order valence-corrected chi connectivity index (χ4v) is 2.41. The van der Waals surface area contributed by atoms with Crippen LogP contribution in [0.4, 0.5) is 0 Å². The van der Waals surface area contributed by atoms with E-state index in [9.17, 15) is 9.59 Å². The molecule has 1 amide bonds. The minimum absolute atomic E-state index is 0.188. The van der Waals surface area contributed by atoms with Crippen LogP contribution in [0.15, 0.2) is 16.2 Å². The van der Waals surface area contributed by atoms with Gasteiger partial charge < -0.3 is 14.5 Å². The minimum atomic E-state index is -0.475. The van der Waals surface area contributed by atoms with Gasteiger partial charge >= 0.3 is 5.97 Å². The Kier molecular flexibility index (Phi) is 4.97. The number of nitrogens with zero attached hydrogens (tertiary/aromatic N) is 1. The number of rotatable bonds is 5. The van der Waals surface area contributed by atoms with Crippen LogP contribution in [0.25, 0.3) is 6.08 Å². The summed E-state index contributed by atoms with van der Waals surface area (Å²) in [6, 6.07) is 1.54. The maximum Gasteiger partial charge on any atom is 0.341 e. The van der Waals surface area contributed by atoms with Gasteiger partial charge in [-0.2, -0.15) is 0 Å². The average molecular weight is 322 g/mol. The monoisotopic (exact) mass is 322 g/mol. The van der Waals surface area contributed by atoms with Gasteiger partial charge in [-0.15, -0.1) is 0 Å². The molecule has 1 aliphatic rings. The molecule has 2 rings (SSSR count). The number of ether oxygens (including phenoxy) is 1. The van der Waals surface area contributed by atoms with E-state index in [0.29, 0.717) is 34.4 Å². The van der Waals surface area contributed by atoms with Crippen molar-refractivity contribution in [3.8, 4) is 0 Å². The van der Waals surface area contributed by atoms with Gasteiger partial charge in [-0.05, 0) is 31.6 Å². The maximum absolute atomic E-state index is 12.3. The lowest BCUT2D eigenvalue weighted by atomic mass is 10.2. The van der Waals surface area contributed by atoms with E-state index in [0.717, 1.165) is 12.8 Å². The van der Waals surface area contributed by atoms with Crippen LogP contribution in [0, 0.1) is 6.92 Å². The first kappa shape index (κ1) is 16.2. The Hall–Kier alpha value is -2.15. The van der Waals surface area contributed by atoms with E-state index in [1.807, 2.05) is 6.92 Å². The first-order valence-electron chi connectivity index (χ1n) is 7.01. The summed E-state index contributed by atoms with van der Waals surface area (Å²) >= 11 is 5.16. The quantitative estimate of drug-likeness (QED) is 0.509. The van der Waals surface area contributed by atoms with Crippen molar-refractivity contribution in [2.24, 2.45) is 0 Å². The molecule has 0 unspecified atom stereocenters. The number of furan rings is 1. The maximum atomic E-state index is 12.3. The Balaban J connectivity index is 2.22. The topological polar surface area (TPSA) is 71.8 Å². The number of thiocarbonyl (C=S) groups is 1. The Morgan fingerprint density at radius 1 is 1.55 bits per heavy atom. The van der Waals surface area contributed by atoms with Crippen LogP contribution < -0.4 is 5.32 Å². The Morgan fingerprint density at radius 3 is 2.91 bits per heavy atom. The van der Waals surface area contributed by atoms with E-state index >= 15 is 0 Å². The molecule has 0 atom stereocenters. The highest BCUT2D eigenvalue weighted by Crippen LogP contribution is 2.20. The zero-order valence-corrected chi connectivity index (χ0v) is 13.6. The normalized spacial score (nSPS) is 16.3. The van der Waals surface area contributed by atoms with Crippen LogP contribution in [0.5, 0.6) is 0 Å². The van der Waals surface area contributed by atoms with E-state index in [1.165, 1.54) is 12.0 Å². The molecular formula is C15H18N2O4S. The third-order valence-corrected chi connectivity index (χ3v) is 3.65. The molecule has 1 aromatic heterocycles. The Morgan fingerprint density at radius 2 is 2.27 bits per heavy atom. The molecule has 1 saturated heterocycles. The van der Waals surface area contributed by atoms with Crippen molar-refractivity contribution in [2.75, 3.05) is 13.7 Å². The summed E-state index contributed by atoms with van der Waals surface area (Å²) in [7, 11) is 1.30. The number of hydrogen-bond donors (Lipinski definition) is 1. The summed E-state index contributed by atoms with van der Waals surface area (Å²) in [5.74, 6) is 0.173. The largest absolute Gasteiger partial charge is 0.465 e. The predicted molar refractivity (Wildman–Crippen MR) is 85.1 cm³/mol. The minimum Gasteiger partial charge on any atom is -0.465 e. The van der Waals surface area contributed by atoms with Crippen LogP contribution in [-0.2, 0) is 9.53 Å².